The second kappa shape index (κ2) is 4.38. The van der Waals surface area contributed by atoms with Gasteiger partial charge >= 0.3 is 6.03 Å². The number of hydrogen-bond acceptors (Lipinski definition) is 2. The van der Waals surface area contributed by atoms with Crippen molar-refractivity contribution in [1.82, 2.24) is 4.90 Å². The molecular formula is C11H18N2O2. The molecule has 15 heavy (non-hydrogen) atoms. The fourth-order valence-corrected chi connectivity index (χ4v) is 1.45. The molecule has 0 saturated carbocycles. The van der Waals surface area contributed by atoms with E-state index in [0.29, 0.717) is 12.4 Å². The smallest absolute Gasteiger partial charge is 0.324 e. The topological polar surface area (TPSA) is 45.5 Å². The highest BCUT2D eigenvalue weighted by atomic mass is 16.3. The molecule has 1 aromatic rings. The Morgan fingerprint density at radius 1 is 1.53 bits per heavy atom. The van der Waals surface area contributed by atoms with E-state index in [1.165, 1.54) is 6.26 Å². The van der Waals surface area contributed by atoms with E-state index >= 15 is 0 Å². The summed E-state index contributed by atoms with van der Waals surface area (Å²) >= 11 is 0. The zero-order chi connectivity index (χ0) is 11.5. The van der Waals surface area contributed by atoms with Gasteiger partial charge in [0.15, 0.2) is 0 Å². The standard InChI is InChI=1S/C11H18N2O2/c1-5-13(11(2,3)4)10(14)12-9-7-6-8-15-9/h6-8H,5H2,1-4H3,(H,12,14). The van der Waals surface area contributed by atoms with Gasteiger partial charge in [0.05, 0.1) is 6.26 Å². The lowest BCUT2D eigenvalue weighted by molar-refractivity contribution is 0.162. The number of urea groups is 1. The Kier molecular flexibility index (Phi) is 3.39. The first-order valence-electron chi connectivity index (χ1n) is 5.07. The van der Waals surface area contributed by atoms with Gasteiger partial charge in [-0.05, 0) is 33.8 Å². The minimum Gasteiger partial charge on any atom is -0.449 e. The number of nitrogens with one attached hydrogen (secondary N) is 1. The average Bonchev–Trinajstić information content (AvgIpc) is 2.54. The van der Waals surface area contributed by atoms with Crippen LogP contribution in [-0.4, -0.2) is 23.0 Å². The summed E-state index contributed by atoms with van der Waals surface area (Å²) in [6.07, 6.45) is 1.53. The molecular weight excluding hydrogens is 192 g/mol. The van der Waals surface area contributed by atoms with Crippen LogP contribution in [0, 0.1) is 0 Å². The molecule has 0 radical (unpaired) electrons. The van der Waals surface area contributed by atoms with Crippen molar-refractivity contribution in [3.8, 4) is 0 Å². The second-order valence-corrected chi connectivity index (χ2v) is 4.32. The molecule has 0 saturated heterocycles. The molecule has 0 fully saturated rings. The van der Waals surface area contributed by atoms with Crippen LogP contribution in [0.5, 0.6) is 0 Å². The van der Waals surface area contributed by atoms with E-state index in [1.54, 1.807) is 17.0 Å². The molecule has 4 nitrogen and oxygen atoms in total. The predicted molar refractivity (Wildman–Crippen MR) is 59.9 cm³/mol. The van der Waals surface area contributed by atoms with Crippen LogP contribution >= 0.6 is 0 Å². The fraction of sp³-hybridized carbons (Fsp3) is 0.545. The van der Waals surface area contributed by atoms with Gasteiger partial charge in [-0.1, -0.05) is 0 Å². The lowest BCUT2D eigenvalue weighted by atomic mass is 10.1. The number of carbonyl (C=O) groups excluding carboxylic acids is 1. The van der Waals surface area contributed by atoms with Crippen LogP contribution in [-0.2, 0) is 0 Å². The minimum absolute atomic E-state index is 0.139. The zero-order valence-electron chi connectivity index (χ0n) is 9.70. The molecule has 0 aliphatic carbocycles. The molecule has 0 unspecified atom stereocenters. The summed E-state index contributed by atoms with van der Waals surface area (Å²) in [6, 6.07) is 3.32. The molecule has 0 atom stereocenters. The lowest BCUT2D eigenvalue weighted by Gasteiger charge is -2.34. The predicted octanol–water partition coefficient (Wildman–Crippen LogP) is 2.93. The SMILES string of the molecule is CCN(C(=O)Nc1ccco1)C(C)(C)C. The first-order chi connectivity index (χ1) is 6.95. The first-order valence-corrected chi connectivity index (χ1v) is 5.07. The van der Waals surface area contributed by atoms with Crippen molar-refractivity contribution in [2.75, 3.05) is 11.9 Å². The summed E-state index contributed by atoms with van der Waals surface area (Å²) in [7, 11) is 0. The van der Waals surface area contributed by atoms with E-state index in [-0.39, 0.29) is 11.6 Å². The van der Waals surface area contributed by atoms with E-state index in [9.17, 15) is 4.79 Å². The van der Waals surface area contributed by atoms with Crippen LogP contribution in [0.3, 0.4) is 0 Å². The molecule has 1 rings (SSSR count). The summed E-state index contributed by atoms with van der Waals surface area (Å²) in [5.41, 5.74) is -0.189. The molecule has 0 aliphatic rings. The van der Waals surface area contributed by atoms with Crippen molar-refractivity contribution in [2.24, 2.45) is 0 Å². The Labute approximate surface area is 90.3 Å². The number of anilines is 1. The highest BCUT2D eigenvalue weighted by Gasteiger charge is 2.25. The zero-order valence-corrected chi connectivity index (χ0v) is 9.70. The molecule has 1 heterocycles. The molecule has 4 heteroatoms. The highest BCUT2D eigenvalue weighted by molar-refractivity contribution is 5.88. The molecule has 2 amide bonds. The Morgan fingerprint density at radius 3 is 2.60 bits per heavy atom. The van der Waals surface area contributed by atoms with Crippen LogP contribution in [0.25, 0.3) is 0 Å². The molecule has 1 aromatic heterocycles. The van der Waals surface area contributed by atoms with Gasteiger partial charge in [0, 0.05) is 18.2 Å². The molecule has 1 N–H and O–H groups in total. The molecule has 84 valence electrons. The maximum Gasteiger partial charge on any atom is 0.324 e. The number of rotatable bonds is 2. The van der Waals surface area contributed by atoms with Gasteiger partial charge < -0.3 is 9.32 Å². The largest absolute Gasteiger partial charge is 0.449 e. The van der Waals surface area contributed by atoms with Gasteiger partial charge in [0.1, 0.15) is 0 Å². The third kappa shape index (κ3) is 3.01. The maximum atomic E-state index is 11.8. The normalized spacial score (nSPS) is 11.2. The molecule has 0 aliphatic heterocycles. The van der Waals surface area contributed by atoms with Gasteiger partial charge in [-0.2, -0.15) is 0 Å². The van der Waals surface area contributed by atoms with Crippen molar-refractivity contribution in [3.63, 3.8) is 0 Å². The van der Waals surface area contributed by atoms with Gasteiger partial charge in [-0.15, -0.1) is 0 Å². The van der Waals surface area contributed by atoms with E-state index in [1.807, 2.05) is 27.7 Å². The van der Waals surface area contributed by atoms with E-state index < -0.39 is 0 Å². The summed E-state index contributed by atoms with van der Waals surface area (Å²) in [5.74, 6) is 0.475. The first kappa shape index (κ1) is 11.6. The van der Waals surface area contributed by atoms with E-state index in [4.69, 9.17) is 4.42 Å². The van der Waals surface area contributed by atoms with Gasteiger partial charge in [0.2, 0.25) is 5.88 Å². The summed E-state index contributed by atoms with van der Waals surface area (Å²) in [5, 5.41) is 2.70. The maximum absolute atomic E-state index is 11.8. The Bertz CT molecular complexity index is 312. The van der Waals surface area contributed by atoms with Gasteiger partial charge in [0.25, 0.3) is 0 Å². The second-order valence-electron chi connectivity index (χ2n) is 4.32. The van der Waals surface area contributed by atoms with Gasteiger partial charge in [-0.3, -0.25) is 5.32 Å². The third-order valence-corrected chi connectivity index (χ3v) is 2.12. The van der Waals surface area contributed by atoms with Gasteiger partial charge in [-0.25, -0.2) is 4.79 Å². The molecule has 0 aromatic carbocycles. The Balaban J connectivity index is 2.67. The number of carbonyl (C=O) groups is 1. The number of hydrogen-bond donors (Lipinski definition) is 1. The summed E-state index contributed by atoms with van der Waals surface area (Å²) in [6.45, 7) is 8.61. The fourth-order valence-electron chi connectivity index (χ4n) is 1.45. The summed E-state index contributed by atoms with van der Waals surface area (Å²) < 4.78 is 5.05. The monoisotopic (exact) mass is 210 g/mol. The van der Waals surface area contributed by atoms with Crippen molar-refractivity contribution >= 4 is 11.9 Å². The molecule has 0 bridgehead atoms. The molecule has 0 spiro atoms. The lowest BCUT2D eigenvalue weighted by Crippen LogP contribution is -2.47. The van der Waals surface area contributed by atoms with Crippen LogP contribution in [0.1, 0.15) is 27.7 Å². The number of nitrogens with zero attached hydrogens (tertiary/aromatic N) is 1. The Morgan fingerprint density at radius 2 is 2.20 bits per heavy atom. The number of amides is 2. The third-order valence-electron chi connectivity index (χ3n) is 2.12. The highest BCUT2D eigenvalue weighted by Crippen LogP contribution is 2.15. The van der Waals surface area contributed by atoms with Crippen molar-refractivity contribution in [3.05, 3.63) is 18.4 Å². The average molecular weight is 210 g/mol. The quantitative estimate of drug-likeness (QED) is 0.815. The summed E-state index contributed by atoms with van der Waals surface area (Å²) in [4.78, 5) is 13.6. The Hall–Kier alpha value is -1.45. The van der Waals surface area contributed by atoms with Crippen molar-refractivity contribution in [2.45, 2.75) is 33.2 Å². The van der Waals surface area contributed by atoms with Crippen LogP contribution in [0.4, 0.5) is 10.7 Å². The van der Waals surface area contributed by atoms with Crippen LogP contribution < -0.4 is 5.32 Å². The van der Waals surface area contributed by atoms with E-state index in [0.717, 1.165) is 0 Å². The van der Waals surface area contributed by atoms with Crippen molar-refractivity contribution < 1.29 is 9.21 Å². The van der Waals surface area contributed by atoms with Crippen molar-refractivity contribution in [1.29, 1.82) is 0 Å². The van der Waals surface area contributed by atoms with Crippen LogP contribution in [0.2, 0.25) is 0 Å². The van der Waals surface area contributed by atoms with E-state index in [2.05, 4.69) is 5.32 Å². The van der Waals surface area contributed by atoms with Crippen LogP contribution in [0.15, 0.2) is 22.8 Å². The minimum atomic E-state index is -0.189. The number of furan rings is 1.